The number of nitrogens with zero attached hydrogens (tertiary/aromatic N) is 2. The molecule has 1 aliphatic rings. The molecule has 0 aromatic rings. The van der Waals surface area contributed by atoms with E-state index in [9.17, 15) is 13.2 Å². The predicted octanol–water partition coefficient (Wildman–Crippen LogP) is 1.42. The van der Waals surface area contributed by atoms with E-state index in [4.69, 9.17) is 4.74 Å². The molecule has 24 heavy (non-hydrogen) atoms. The predicted molar refractivity (Wildman–Crippen MR) is 107 cm³/mol. The normalized spacial score (nSPS) is 20.1. The van der Waals surface area contributed by atoms with Gasteiger partial charge in [-0.3, -0.25) is 4.79 Å². The topological polar surface area (TPSA) is 88.1 Å². The van der Waals surface area contributed by atoms with Crippen molar-refractivity contribution in [3.05, 3.63) is 0 Å². The molecule has 0 bridgehead atoms. The summed E-state index contributed by atoms with van der Waals surface area (Å²) in [5.74, 6) is 0.217. The second kappa shape index (κ2) is 8.68. The number of sulfone groups is 1. The van der Waals surface area contributed by atoms with Crippen LogP contribution < -0.4 is 5.32 Å². The van der Waals surface area contributed by atoms with Gasteiger partial charge in [0, 0.05) is 19.6 Å². The number of nitrogens with one attached hydrogen (secondary N) is 1. The van der Waals surface area contributed by atoms with Crippen molar-refractivity contribution in [1.29, 1.82) is 0 Å². The molecule has 0 saturated carbocycles. The summed E-state index contributed by atoms with van der Waals surface area (Å²) in [6, 6.07) is 0. The van der Waals surface area contributed by atoms with Crippen LogP contribution in [0.3, 0.4) is 0 Å². The number of halogens is 1. The first-order chi connectivity index (χ1) is 10.4. The standard InChI is InChI=1S/C15H29N3O4S.HI/c1-7-16-13(17-10-12(19)22-14(2,3)4)18-8-9-23(20,21)15(5,6)11-18;/h7-11H2,1-6H3,(H,16,17);1H. The zero-order valence-corrected chi connectivity index (χ0v) is 18.5. The number of hydrogen-bond donors (Lipinski definition) is 1. The van der Waals surface area contributed by atoms with Gasteiger partial charge in [0.1, 0.15) is 12.1 Å². The second-order valence-electron chi connectivity index (χ2n) is 7.26. The summed E-state index contributed by atoms with van der Waals surface area (Å²) in [6.07, 6.45) is 0. The number of rotatable bonds is 3. The van der Waals surface area contributed by atoms with E-state index in [0.29, 0.717) is 25.6 Å². The largest absolute Gasteiger partial charge is 0.459 e. The Kier molecular flexibility index (Phi) is 8.47. The molecule has 0 atom stereocenters. The van der Waals surface area contributed by atoms with Crippen LogP contribution in [0.4, 0.5) is 0 Å². The molecule has 0 radical (unpaired) electrons. The van der Waals surface area contributed by atoms with Gasteiger partial charge in [0.15, 0.2) is 15.8 Å². The van der Waals surface area contributed by atoms with Crippen LogP contribution in [-0.4, -0.2) is 67.5 Å². The third-order valence-electron chi connectivity index (χ3n) is 3.46. The molecule has 0 aromatic carbocycles. The van der Waals surface area contributed by atoms with E-state index in [-0.39, 0.29) is 36.3 Å². The van der Waals surface area contributed by atoms with Gasteiger partial charge in [0.2, 0.25) is 0 Å². The Labute approximate surface area is 162 Å². The Morgan fingerprint density at radius 3 is 2.38 bits per heavy atom. The molecule has 0 unspecified atom stereocenters. The van der Waals surface area contributed by atoms with E-state index >= 15 is 0 Å². The van der Waals surface area contributed by atoms with Crippen molar-refractivity contribution in [3.8, 4) is 0 Å². The number of guanidine groups is 1. The first-order valence-electron chi connectivity index (χ1n) is 7.85. The summed E-state index contributed by atoms with van der Waals surface area (Å²) in [5, 5.41) is 3.11. The Morgan fingerprint density at radius 1 is 1.33 bits per heavy atom. The lowest BCUT2D eigenvalue weighted by Gasteiger charge is -2.39. The van der Waals surface area contributed by atoms with Crippen molar-refractivity contribution in [2.24, 2.45) is 4.99 Å². The number of carbonyl (C=O) groups excluding carboxylic acids is 1. The fourth-order valence-electron chi connectivity index (χ4n) is 2.26. The lowest BCUT2D eigenvalue weighted by atomic mass is 10.2. The molecule has 1 aliphatic heterocycles. The van der Waals surface area contributed by atoms with Crippen LogP contribution in [-0.2, 0) is 19.4 Å². The number of carbonyl (C=O) groups is 1. The summed E-state index contributed by atoms with van der Waals surface area (Å²) in [4.78, 5) is 18.0. The minimum absolute atomic E-state index is 0. The maximum Gasteiger partial charge on any atom is 0.328 e. The maximum absolute atomic E-state index is 12.1. The highest BCUT2D eigenvalue weighted by Gasteiger charge is 2.41. The Balaban J connectivity index is 0.00000529. The van der Waals surface area contributed by atoms with Gasteiger partial charge >= 0.3 is 5.97 Å². The second-order valence-corrected chi connectivity index (χ2v) is 10.00. The highest BCUT2D eigenvalue weighted by molar-refractivity contribution is 14.0. The van der Waals surface area contributed by atoms with Crippen LogP contribution in [0.25, 0.3) is 0 Å². The number of ether oxygens (including phenoxy) is 1. The van der Waals surface area contributed by atoms with Crippen molar-refractivity contribution < 1.29 is 17.9 Å². The lowest BCUT2D eigenvalue weighted by molar-refractivity contribution is -0.152. The van der Waals surface area contributed by atoms with Crippen LogP contribution in [0, 0.1) is 0 Å². The van der Waals surface area contributed by atoms with Gasteiger partial charge in [-0.1, -0.05) is 0 Å². The smallest absolute Gasteiger partial charge is 0.328 e. The SMILES string of the molecule is CCNC(=NCC(=O)OC(C)(C)C)N1CCS(=O)(=O)C(C)(C)C1.I. The van der Waals surface area contributed by atoms with Gasteiger partial charge < -0.3 is 15.0 Å². The van der Waals surface area contributed by atoms with Crippen molar-refractivity contribution in [3.63, 3.8) is 0 Å². The van der Waals surface area contributed by atoms with Crippen molar-refractivity contribution in [2.45, 2.75) is 51.9 Å². The van der Waals surface area contributed by atoms with Gasteiger partial charge in [-0.25, -0.2) is 13.4 Å². The third kappa shape index (κ3) is 6.73. The van der Waals surface area contributed by atoms with Crippen molar-refractivity contribution in [2.75, 3.05) is 31.9 Å². The zero-order valence-electron chi connectivity index (χ0n) is 15.4. The number of esters is 1. The molecule has 7 nitrogen and oxygen atoms in total. The summed E-state index contributed by atoms with van der Waals surface area (Å²) < 4.78 is 28.6. The molecule has 1 rings (SSSR count). The molecular weight excluding hydrogens is 445 g/mol. The van der Waals surface area contributed by atoms with E-state index in [1.165, 1.54) is 0 Å². The Hall–Kier alpha value is -0.580. The van der Waals surface area contributed by atoms with Crippen LogP contribution in [0.15, 0.2) is 4.99 Å². The van der Waals surface area contributed by atoms with Crippen LogP contribution in [0.1, 0.15) is 41.5 Å². The maximum atomic E-state index is 12.1. The van der Waals surface area contributed by atoms with E-state index in [2.05, 4.69) is 10.3 Å². The molecule has 0 spiro atoms. The van der Waals surface area contributed by atoms with Crippen molar-refractivity contribution >= 4 is 45.7 Å². The van der Waals surface area contributed by atoms with E-state index in [0.717, 1.165) is 0 Å². The molecule has 1 fully saturated rings. The summed E-state index contributed by atoms with van der Waals surface area (Å²) >= 11 is 0. The Morgan fingerprint density at radius 2 is 1.92 bits per heavy atom. The van der Waals surface area contributed by atoms with Crippen LogP contribution in [0.5, 0.6) is 0 Å². The average Bonchev–Trinajstić information content (AvgIpc) is 2.36. The van der Waals surface area contributed by atoms with Gasteiger partial charge in [0.25, 0.3) is 0 Å². The molecule has 0 aromatic heterocycles. The van der Waals surface area contributed by atoms with E-state index in [1.807, 2.05) is 11.8 Å². The highest BCUT2D eigenvalue weighted by atomic mass is 127. The fourth-order valence-corrected chi connectivity index (χ4v) is 3.63. The molecule has 0 aliphatic carbocycles. The van der Waals surface area contributed by atoms with E-state index in [1.54, 1.807) is 34.6 Å². The zero-order chi connectivity index (χ0) is 17.9. The molecular formula is C15H30IN3O4S. The van der Waals surface area contributed by atoms with Crippen molar-refractivity contribution in [1.82, 2.24) is 10.2 Å². The first-order valence-corrected chi connectivity index (χ1v) is 9.50. The molecule has 1 heterocycles. The summed E-state index contributed by atoms with van der Waals surface area (Å²) in [5.41, 5.74) is -0.549. The highest BCUT2D eigenvalue weighted by Crippen LogP contribution is 2.23. The van der Waals surface area contributed by atoms with E-state index < -0.39 is 26.2 Å². The number of aliphatic imine (C=N–C) groups is 1. The Bertz CT molecular complexity index is 568. The van der Waals surface area contributed by atoms with Gasteiger partial charge in [0.05, 0.1) is 10.5 Å². The van der Waals surface area contributed by atoms with Crippen LogP contribution >= 0.6 is 24.0 Å². The van der Waals surface area contributed by atoms with Gasteiger partial charge in [-0.05, 0) is 41.5 Å². The van der Waals surface area contributed by atoms with Gasteiger partial charge in [-0.15, -0.1) is 24.0 Å². The lowest BCUT2D eigenvalue weighted by Crippen LogP contribution is -2.57. The molecule has 1 saturated heterocycles. The summed E-state index contributed by atoms with van der Waals surface area (Å²) in [7, 11) is -3.11. The average molecular weight is 475 g/mol. The fraction of sp³-hybridized carbons (Fsp3) is 0.867. The minimum Gasteiger partial charge on any atom is -0.459 e. The quantitative estimate of drug-likeness (QED) is 0.288. The molecule has 142 valence electrons. The minimum atomic E-state index is -3.11. The molecule has 0 amide bonds. The van der Waals surface area contributed by atoms with Gasteiger partial charge in [-0.2, -0.15) is 0 Å². The number of hydrogen-bond acceptors (Lipinski definition) is 5. The monoisotopic (exact) mass is 475 g/mol. The first kappa shape index (κ1) is 23.4. The summed E-state index contributed by atoms with van der Waals surface area (Å²) in [6.45, 7) is 12.0. The molecule has 1 N–H and O–H groups in total. The molecule has 9 heteroatoms. The third-order valence-corrected chi connectivity index (χ3v) is 5.99. The van der Waals surface area contributed by atoms with Crippen LogP contribution in [0.2, 0.25) is 0 Å².